The molecule has 23 heavy (non-hydrogen) atoms. The molecule has 4 rings (SSSR count). The maximum atomic E-state index is 13.2. The molecule has 2 saturated heterocycles. The quantitative estimate of drug-likeness (QED) is 0.862. The first-order chi connectivity index (χ1) is 11.1. The van der Waals surface area contributed by atoms with Gasteiger partial charge in [-0.1, -0.05) is 0 Å². The van der Waals surface area contributed by atoms with Gasteiger partial charge in [0, 0.05) is 37.3 Å². The summed E-state index contributed by atoms with van der Waals surface area (Å²) >= 11 is 0. The maximum Gasteiger partial charge on any atom is 0.275 e. The minimum Gasteiger partial charge on any atom is -0.381 e. The Labute approximate surface area is 136 Å². The SMILES string of the molecule is C[C@@H]1Cc2c(C(=O)N3CCCC34CCOCC4)n[nH]c2[C@H](C)O1. The van der Waals surface area contributed by atoms with Gasteiger partial charge in [0.25, 0.3) is 5.91 Å². The van der Waals surface area contributed by atoms with Gasteiger partial charge in [-0.15, -0.1) is 0 Å². The molecule has 6 nitrogen and oxygen atoms in total. The minimum absolute atomic E-state index is 0.0104. The number of nitrogens with one attached hydrogen (secondary N) is 1. The molecule has 0 radical (unpaired) electrons. The van der Waals surface area contributed by atoms with Crippen LogP contribution in [0.15, 0.2) is 0 Å². The van der Waals surface area contributed by atoms with Gasteiger partial charge in [0.05, 0.1) is 17.9 Å². The first-order valence-electron chi connectivity index (χ1n) is 8.73. The summed E-state index contributed by atoms with van der Waals surface area (Å²) in [6, 6.07) is 0. The monoisotopic (exact) mass is 319 g/mol. The Morgan fingerprint density at radius 2 is 2.09 bits per heavy atom. The van der Waals surface area contributed by atoms with E-state index in [-0.39, 0.29) is 23.7 Å². The number of H-pyrrole nitrogens is 1. The fourth-order valence-electron chi connectivity index (χ4n) is 4.50. The van der Waals surface area contributed by atoms with E-state index in [0.717, 1.165) is 63.1 Å². The van der Waals surface area contributed by atoms with Crippen molar-refractivity contribution in [3.05, 3.63) is 17.0 Å². The molecule has 0 unspecified atom stereocenters. The van der Waals surface area contributed by atoms with Crippen molar-refractivity contribution in [2.75, 3.05) is 19.8 Å². The third-order valence-electron chi connectivity index (χ3n) is 5.70. The molecule has 0 saturated carbocycles. The van der Waals surface area contributed by atoms with E-state index >= 15 is 0 Å². The number of rotatable bonds is 1. The lowest BCUT2D eigenvalue weighted by atomic mass is 9.87. The Hall–Kier alpha value is -1.40. The van der Waals surface area contributed by atoms with Gasteiger partial charge in [-0.25, -0.2) is 0 Å². The largest absolute Gasteiger partial charge is 0.381 e. The van der Waals surface area contributed by atoms with Crippen molar-refractivity contribution >= 4 is 5.91 Å². The van der Waals surface area contributed by atoms with Crippen LogP contribution in [-0.4, -0.2) is 52.4 Å². The van der Waals surface area contributed by atoms with Gasteiger partial charge in [0.2, 0.25) is 0 Å². The van der Waals surface area contributed by atoms with Crippen LogP contribution in [0.5, 0.6) is 0 Å². The average molecular weight is 319 g/mol. The number of fused-ring (bicyclic) bond motifs is 1. The molecule has 0 aliphatic carbocycles. The lowest BCUT2D eigenvalue weighted by Gasteiger charge is -2.41. The number of carbonyl (C=O) groups excluding carboxylic acids is 1. The fourth-order valence-corrected chi connectivity index (χ4v) is 4.50. The number of aromatic nitrogens is 2. The Balaban J connectivity index is 1.65. The van der Waals surface area contributed by atoms with Gasteiger partial charge in [-0.05, 0) is 39.5 Å². The molecular formula is C17H25N3O3. The van der Waals surface area contributed by atoms with Crippen molar-refractivity contribution in [2.45, 2.75) is 63.7 Å². The van der Waals surface area contributed by atoms with Crippen LogP contribution in [0.3, 0.4) is 0 Å². The highest BCUT2D eigenvalue weighted by molar-refractivity contribution is 5.95. The Morgan fingerprint density at radius 3 is 2.87 bits per heavy atom. The Bertz CT molecular complexity index is 606. The van der Waals surface area contributed by atoms with E-state index in [1.165, 1.54) is 0 Å². The predicted molar refractivity (Wildman–Crippen MR) is 84.3 cm³/mol. The highest BCUT2D eigenvalue weighted by Gasteiger charge is 2.46. The van der Waals surface area contributed by atoms with Crippen LogP contribution in [0.25, 0.3) is 0 Å². The zero-order valence-electron chi connectivity index (χ0n) is 13.9. The van der Waals surface area contributed by atoms with Crippen molar-refractivity contribution in [1.29, 1.82) is 0 Å². The van der Waals surface area contributed by atoms with E-state index in [2.05, 4.69) is 22.0 Å². The second-order valence-electron chi connectivity index (χ2n) is 7.15. The van der Waals surface area contributed by atoms with Crippen molar-refractivity contribution in [2.24, 2.45) is 0 Å². The summed E-state index contributed by atoms with van der Waals surface area (Å²) in [5.74, 6) is 0.0863. The van der Waals surface area contributed by atoms with E-state index in [4.69, 9.17) is 9.47 Å². The van der Waals surface area contributed by atoms with E-state index in [9.17, 15) is 4.79 Å². The van der Waals surface area contributed by atoms with Gasteiger partial charge in [0.1, 0.15) is 0 Å². The lowest BCUT2D eigenvalue weighted by Crippen LogP contribution is -2.51. The van der Waals surface area contributed by atoms with Crippen molar-refractivity contribution < 1.29 is 14.3 Å². The normalized spacial score (nSPS) is 29.7. The van der Waals surface area contributed by atoms with Crippen molar-refractivity contribution in [3.8, 4) is 0 Å². The summed E-state index contributed by atoms with van der Waals surface area (Å²) in [6.07, 6.45) is 4.90. The molecule has 1 aromatic rings. The van der Waals surface area contributed by atoms with E-state index < -0.39 is 0 Å². The topological polar surface area (TPSA) is 67.5 Å². The number of aromatic amines is 1. The molecule has 0 aromatic carbocycles. The molecule has 2 atom stereocenters. The van der Waals surface area contributed by atoms with Crippen LogP contribution in [0.1, 0.15) is 67.4 Å². The van der Waals surface area contributed by atoms with E-state index in [0.29, 0.717) is 5.69 Å². The number of hydrogen-bond donors (Lipinski definition) is 1. The smallest absolute Gasteiger partial charge is 0.275 e. The maximum absolute atomic E-state index is 13.2. The molecular weight excluding hydrogens is 294 g/mol. The summed E-state index contributed by atoms with van der Waals surface area (Å²) in [5.41, 5.74) is 2.61. The van der Waals surface area contributed by atoms with Crippen LogP contribution >= 0.6 is 0 Å². The summed E-state index contributed by atoms with van der Waals surface area (Å²) in [6.45, 7) is 6.41. The molecule has 1 amide bonds. The standard InChI is InChI=1S/C17H25N3O3/c1-11-10-13-14(12(2)23-11)18-19-15(13)16(21)20-7-3-4-17(20)5-8-22-9-6-17/h11-12H,3-10H2,1-2H3,(H,18,19)/t11-,12+/m1/s1. The molecule has 3 aliphatic heterocycles. The summed E-state index contributed by atoms with van der Waals surface area (Å²) in [4.78, 5) is 15.3. The lowest BCUT2D eigenvalue weighted by molar-refractivity contribution is -0.00793. The zero-order valence-corrected chi connectivity index (χ0v) is 13.9. The van der Waals surface area contributed by atoms with E-state index in [1.807, 2.05) is 6.92 Å². The number of ether oxygens (including phenoxy) is 2. The van der Waals surface area contributed by atoms with Gasteiger partial charge in [-0.3, -0.25) is 9.89 Å². The van der Waals surface area contributed by atoms with Gasteiger partial charge < -0.3 is 14.4 Å². The molecule has 6 heteroatoms. The highest BCUT2D eigenvalue weighted by atomic mass is 16.5. The number of hydrogen-bond acceptors (Lipinski definition) is 4. The highest BCUT2D eigenvalue weighted by Crippen LogP contribution is 2.39. The van der Waals surface area contributed by atoms with E-state index in [1.54, 1.807) is 0 Å². The fraction of sp³-hybridized carbons (Fsp3) is 0.765. The number of likely N-dealkylation sites (tertiary alicyclic amines) is 1. The summed E-state index contributed by atoms with van der Waals surface area (Å²) in [5, 5.41) is 7.42. The molecule has 1 spiro atoms. The van der Waals surface area contributed by atoms with Crippen LogP contribution in [0, 0.1) is 0 Å². The number of carbonyl (C=O) groups is 1. The van der Waals surface area contributed by atoms with Crippen molar-refractivity contribution in [3.63, 3.8) is 0 Å². The van der Waals surface area contributed by atoms with Crippen molar-refractivity contribution in [1.82, 2.24) is 15.1 Å². The molecule has 0 bridgehead atoms. The summed E-state index contributed by atoms with van der Waals surface area (Å²) < 4.78 is 11.3. The summed E-state index contributed by atoms with van der Waals surface area (Å²) in [7, 11) is 0. The molecule has 126 valence electrons. The van der Waals surface area contributed by atoms with Gasteiger partial charge >= 0.3 is 0 Å². The molecule has 3 aliphatic rings. The first kappa shape index (κ1) is 15.1. The second-order valence-corrected chi connectivity index (χ2v) is 7.15. The second kappa shape index (κ2) is 5.60. The predicted octanol–water partition coefficient (Wildman–Crippen LogP) is 2.22. The van der Waals surface area contributed by atoms with Gasteiger partial charge in [0.15, 0.2) is 5.69 Å². The third-order valence-corrected chi connectivity index (χ3v) is 5.70. The molecule has 1 N–H and O–H groups in total. The Kier molecular flexibility index (Phi) is 3.69. The van der Waals surface area contributed by atoms with Crippen LogP contribution < -0.4 is 0 Å². The molecule has 2 fully saturated rings. The zero-order chi connectivity index (χ0) is 16.0. The third kappa shape index (κ3) is 2.39. The number of amides is 1. The van der Waals surface area contributed by atoms with Crippen LogP contribution in [0.4, 0.5) is 0 Å². The number of nitrogens with zero attached hydrogens (tertiary/aromatic N) is 2. The van der Waals surface area contributed by atoms with Crippen LogP contribution in [0.2, 0.25) is 0 Å². The minimum atomic E-state index is -0.0292. The molecule has 4 heterocycles. The molecule has 1 aromatic heterocycles. The average Bonchev–Trinajstić information content (AvgIpc) is 3.12. The van der Waals surface area contributed by atoms with Gasteiger partial charge in [-0.2, -0.15) is 5.10 Å². The van der Waals surface area contributed by atoms with Crippen LogP contribution in [-0.2, 0) is 15.9 Å². The first-order valence-corrected chi connectivity index (χ1v) is 8.73. The Morgan fingerprint density at radius 1 is 1.30 bits per heavy atom.